The molecule has 0 fully saturated rings. The number of unbranched alkanes of at least 4 members (excludes halogenated alkanes) is 1. The van der Waals surface area contributed by atoms with Gasteiger partial charge >= 0.3 is 0 Å². The van der Waals surface area contributed by atoms with Gasteiger partial charge in [0.25, 0.3) is 0 Å². The minimum Gasteiger partial charge on any atom is -0.496 e. The lowest BCUT2D eigenvalue weighted by Gasteiger charge is -2.12. The monoisotopic (exact) mass is 449 g/mol. The SMILES string of the molecule is CCCCOCCNC(=NCc1ccc(C)cc1OC)NCC.I. The van der Waals surface area contributed by atoms with E-state index in [0.29, 0.717) is 13.2 Å². The fourth-order valence-electron chi connectivity index (χ4n) is 2.08. The van der Waals surface area contributed by atoms with Crippen LogP contribution in [0.2, 0.25) is 0 Å². The summed E-state index contributed by atoms with van der Waals surface area (Å²) in [7, 11) is 1.69. The van der Waals surface area contributed by atoms with E-state index in [4.69, 9.17) is 9.47 Å². The molecule has 0 aromatic heterocycles. The summed E-state index contributed by atoms with van der Waals surface area (Å²) < 4.78 is 11.0. The topological polar surface area (TPSA) is 54.9 Å². The third kappa shape index (κ3) is 9.32. The molecular formula is C18H32IN3O2. The smallest absolute Gasteiger partial charge is 0.191 e. The normalized spacial score (nSPS) is 10.9. The van der Waals surface area contributed by atoms with Gasteiger partial charge in [0.1, 0.15) is 5.75 Å². The number of ether oxygens (including phenoxy) is 2. The molecule has 0 aliphatic heterocycles. The molecule has 0 saturated heterocycles. The Labute approximate surface area is 163 Å². The lowest BCUT2D eigenvalue weighted by molar-refractivity contribution is 0.136. The Balaban J connectivity index is 0.00000529. The van der Waals surface area contributed by atoms with Gasteiger partial charge in [0.2, 0.25) is 0 Å². The Morgan fingerprint density at radius 1 is 1.17 bits per heavy atom. The van der Waals surface area contributed by atoms with Crippen molar-refractivity contribution >= 4 is 29.9 Å². The molecule has 6 heteroatoms. The molecule has 138 valence electrons. The van der Waals surface area contributed by atoms with Crippen molar-refractivity contribution < 1.29 is 9.47 Å². The van der Waals surface area contributed by atoms with Crippen molar-refractivity contribution in [3.8, 4) is 5.75 Å². The van der Waals surface area contributed by atoms with Gasteiger partial charge in [0.15, 0.2) is 5.96 Å². The molecule has 0 saturated carbocycles. The zero-order valence-electron chi connectivity index (χ0n) is 15.4. The van der Waals surface area contributed by atoms with E-state index < -0.39 is 0 Å². The van der Waals surface area contributed by atoms with E-state index >= 15 is 0 Å². The van der Waals surface area contributed by atoms with E-state index in [-0.39, 0.29) is 24.0 Å². The first kappa shape index (κ1) is 23.0. The molecule has 1 rings (SSSR count). The summed E-state index contributed by atoms with van der Waals surface area (Å²) in [5.41, 5.74) is 2.26. The molecule has 0 heterocycles. The Morgan fingerprint density at radius 3 is 2.62 bits per heavy atom. The summed E-state index contributed by atoms with van der Waals surface area (Å²) in [6.45, 7) is 9.95. The quantitative estimate of drug-likeness (QED) is 0.249. The van der Waals surface area contributed by atoms with E-state index in [9.17, 15) is 0 Å². The van der Waals surface area contributed by atoms with Crippen LogP contribution in [0.4, 0.5) is 0 Å². The molecule has 0 spiro atoms. The average molecular weight is 449 g/mol. The summed E-state index contributed by atoms with van der Waals surface area (Å²) in [6.07, 6.45) is 2.28. The van der Waals surface area contributed by atoms with Gasteiger partial charge in [-0.2, -0.15) is 0 Å². The lowest BCUT2D eigenvalue weighted by Crippen LogP contribution is -2.39. The van der Waals surface area contributed by atoms with E-state index in [1.807, 2.05) is 6.07 Å². The maximum atomic E-state index is 5.55. The van der Waals surface area contributed by atoms with Crippen LogP contribution < -0.4 is 15.4 Å². The van der Waals surface area contributed by atoms with Gasteiger partial charge in [-0.15, -0.1) is 24.0 Å². The maximum Gasteiger partial charge on any atom is 0.191 e. The largest absolute Gasteiger partial charge is 0.496 e. The van der Waals surface area contributed by atoms with Crippen molar-refractivity contribution in [2.75, 3.05) is 33.4 Å². The Hall–Kier alpha value is -1.02. The molecule has 1 aromatic rings. The van der Waals surface area contributed by atoms with Crippen molar-refractivity contribution in [3.05, 3.63) is 29.3 Å². The van der Waals surface area contributed by atoms with Gasteiger partial charge in [0.05, 0.1) is 20.3 Å². The van der Waals surface area contributed by atoms with Crippen LogP contribution >= 0.6 is 24.0 Å². The zero-order chi connectivity index (χ0) is 16.9. The van der Waals surface area contributed by atoms with E-state index in [1.165, 1.54) is 5.56 Å². The Bertz CT molecular complexity index is 481. The van der Waals surface area contributed by atoms with Crippen LogP contribution in [0, 0.1) is 6.92 Å². The molecule has 0 radical (unpaired) electrons. The fraction of sp³-hybridized carbons (Fsp3) is 0.611. The molecule has 0 unspecified atom stereocenters. The highest BCUT2D eigenvalue weighted by Gasteiger charge is 2.03. The number of nitrogens with one attached hydrogen (secondary N) is 2. The minimum atomic E-state index is 0. The molecule has 0 amide bonds. The third-order valence-corrected chi connectivity index (χ3v) is 3.38. The van der Waals surface area contributed by atoms with E-state index in [0.717, 1.165) is 49.8 Å². The van der Waals surface area contributed by atoms with Crippen LogP contribution in [-0.4, -0.2) is 39.4 Å². The second-order valence-corrected chi connectivity index (χ2v) is 5.40. The van der Waals surface area contributed by atoms with Crippen LogP contribution in [0.1, 0.15) is 37.8 Å². The van der Waals surface area contributed by atoms with Gasteiger partial charge in [-0.25, -0.2) is 4.99 Å². The minimum absolute atomic E-state index is 0. The zero-order valence-corrected chi connectivity index (χ0v) is 17.7. The highest BCUT2D eigenvalue weighted by Crippen LogP contribution is 2.20. The van der Waals surface area contributed by atoms with Crippen LogP contribution in [-0.2, 0) is 11.3 Å². The molecule has 2 N–H and O–H groups in total. The van der Waals surface area contributed by atoms with Crippen molar-refractivity contribution in [3.63, 3.8) is 0 Å². The molecule has 0 atom stereocenters. The second kappa shape index (κ2) is 14.3. The fourth-order valence-corrected chi connectivity index (χ4v) is 2.08. The highest BCUT2D eigenvalue weighted by molar-refractivity contribution is 14.0. The highest BCUT2D eigenvalue weighted by atomic mass is 127. The molecule has 0 aliphatic carbocycles. The van der Waals surface area contributed by atoms with E-state index in [1.54, 1.807) is 7.11 Å². The molecule has 5 nitrogen and oxygen atoms in total. The number of hydrogen-bond acceptors (Lipinski definition) is 3. The summed E-state index contributed by atoms with van der Waals surface area (Å²) in [4.78, 5) is 4.61. The standard InChI is InChI=1S/C18H31N3O2.HI/c1-5-7-11-23-12-10-20-18(19-6-2)21-14-16-9-8-15(3)13-17(16)22-4;/h8-9,13H,5-7,10-12,14H2,1-4H3,(H2,19,20,21);1H. The van der Waals surface area contributed by atoms with Crippen LogP contribution in [0.5, 0.6) is 5.75 Å². The van der Waals surface area contributed by atoms with Crippen LogP contribution in [0.25, 0.3) is 0 Å². The second-order valence-electron chi connectivity index (χ2n) is 5.40. The van der Waals surface area contributed by atoms with Gasteiger partial charge < -0.3 is 20.1 Å². The first-order chi connectivity index (χ1) is 11.2. The number of aryl methyl sites for hydroxylation is 1. The molecule has 0 bridgehead atoms. The van der Waals surface area contributed by atoms with Crippen molar-refractivity contribution in [1.29, 1.82) is 0 Å². The number of nitrogens with zero attached hydrogens (tertiary/aromatic N) is 1. The summed E-state index contributed by atoms with van der Waals surface area (Å²) in [6, 6.07) is 6.18. The van der Waals surface area contributed by atoms with Crippen molar-refractivity contribution in [2.24, 2.45) is 4.99 Å². The summed E-state index contributed by atoms with van der Waals surface area (Å²) in [5, 5.41) is 6.54. The van der Waals surface area contributed by atoms with Gasteiger partial charge in [-0.05, 0) is 31.9 Å². The van der Waals surface area contributed by atoms with Crippen LogP contribution in [0.15, 0.2) is 23.2 Å². The predicted molar refractivity (Wildman–Crippen MR) is 112 cm³/mol. The molecule has 1 aromatic carbocycles. The molecular weight excluding hydrogens is 417 g/mol. The number of hydrogen-bond donors (Lipinski definition) is 2. The number of rotatable bonds is 10. The number of aliphatic imine (C=N–C) groups is 1. The van der Waals surface area contributed by atoms with Gasteiger partial charge in [0, 0.05) is 25.3 Å². The van der Waals surface area contributed by atoms with Crippen LogP contribution in [0.3, 0.4) is 0 Å². The lowest BCUT2D eigenvalue weighted by atomic mass is 10.1. The average Bonchev–Trinajstić information content (AvgIpc) is 2.56. The third-order valence-electron chi connectivity index (χ3n) is 3.38. The first-order valence-electron chi connectivity index (χ1n) is 8.44. The molecule has 24 heavy (non-hydrogen) atoms. The Morgan fingerprint density at radius 2 is 1.96 bits per heavy atom. The number of methoxy groups -OCH3 is 1. The van der Waals surface area contributed by atoms with Crippen molar-refractivity contribution in [2.45, 2.75) is 40.2 Å². The number of benzene rings is 1. The van der Waals surface area contributed by atoms with Crippen molar-refractivity contribution in [1.82, 2.24) is 10.6 Å². The van der Waals surface area contributed by atoms with Gasteiger partial charge in [-0.1, -0.05) is 25.5 Å². The first-order valence-corrected chi connectivity index (χ1v) is 8.44. The summed E-state index contributed by atoms with van der Waals surface area (Å²) >= 11 is 0. The molecule has 0 aliphatic rings. The predicted octanol–water partition coefficient (Wildman–Crippen LogP) is 3.49. The summed E-state index contributed by atoms with van der Waals surface area (Å²) in [5.74, 6) is 1.68. The van der Waals surface area contributed by atoms with Gasteiger partial charge in [-0.3, -0.25) is 0 Å². The van der Waals surface area contributed by atoms with E-state index in [2.05, 4.69) is 48.5 Å². The maximum absolute atomic E-state index is 5.55. The number of halogens is 1. The Kier molecular flexibility index (Phi) is 13.7. The number of guanidine groups is 1.